The fourth-order valence-electron chi connectivity index (χ4n) is 1.20. The van der Waals surface area contributed by atoms with Crippen LogP contribution in [0, 0.1) is 11.2 Å². The van der Waals surface area contributed by atoms with E-state index in [0.717, 1.165) is 12.1 Å². The van der Waals surface area contributed by atoms with E-state index in [2.05, 4.69) is 4.72 Å². The summed E-state index contributed by atoms with van der Waals surface area (Å²) in [6, 6.07) is 2.13. The van der Waals surface area contributed by atoms with Gasteiger partial charge in [-0.15, -0.1) is 0 Å². The Labute approximate surface area is 116 Å². The van der Waals surface area contributed by atoms with Gasteiger partial charge in [0, 0.05) is 24.3 Å². The van der Waals surface area contributed by atoms with Gasteiger partial charge in [0.25, 0.3) is 0 Å². The smallest absolute Gasteiger partial charge is 0.243 e. The number of benzene rings is 1. The molecule has 4 N–H and O–H groups in total. The Balaban J connectivity index is 3.08. The average molecular weight is 311 g/mol. The van der Waals surface area contributed by atoms with Crippen molar-refractivity contribution in [3.8, 4) is 0 Å². The van der Waals surface area contributed by atoms with Crippen LogP contribution in [0.3, 0.4) is 0 Å². The van der Waals surface area contributed by atoms with E-state index < -0.39 is 26.2 Å². The van der Waals surface area contributed by atoms with E-state index in [-0.39, 0.29) is 23.9 Å². The van der Waals surface area contributed by atoms with Crippen LogP contribution < -0.4 is 10.5 Å². The first kappa shape index (κ1) is 16.2. The van der Waals surface area contributed by atoms with Gasteiger partial charge >= 0.3 is 0 Å². The molecule has 0 heterocycles. The van der Waals surface area contributed by atoms with Gasteiger partial charge in [-0.2, -0.15) is 0 Å². The summed E-state index contributed by atoms with van der Waals surface area (Å²) in [5.41, 5.74) is 4.84. The molecule has 0 fully saturated rings. The number of aliphatic hydroxyl groups is 1. The molecule has 1 rings (SSSR count). The zero-order valence-electron chi connectivity index (χ0n) is 10.6. The first-order valence-electron chi connectivity index (χ1n) is 5.44. The normalized spacial score (nSPS) is 12.7. The Morgan fingerprint density at radius 2 is 2.05 bits per heavy atom. The summed E-state index contributed by atoms with van der Waals surface area (Å²) in [6.07, 6.45) is 0. The number of rotatable bonds is 5. The van der Waals surface area contributed by atoms with Crippen molar-refractivity contribution >= 4 is 27.3 Å². The molecule has 0 radical (unpaired) electrons. The van der Waals surface area contributed by atoms with Crippen LogP contribution in [-0.2, 0) is 10.0 Å². The predicted octanol–water partition coefficient (Wildman–Crippen LogP) is 1.36. The number of anilines is 1. The first-order chi connectivity index (χ1) is 8.59. The molecule has 0 atom stereocenters. The number of nitrogens with two attached hydrogens (primary N) is 1. The van der Waals surface area contributed by atoms with Crippen LogP contribution in [0.15, 0.2) is 17.0 Å². The molecular formula is C11H16ClFN2O3S. The molecule has 19 heavy (non-hydrogen) atoms. The Bertz CT molecular complexity index is 576. The van der Waals surface area contributed by atoms with Gasteiger partial charge < -0.3 is 10.8 Å². The molecule has 0 aliphatic heterocycles. The van der Waals surface area contributed by atoms with Gasteiger partial charge in [0.15, 0.2) is 5.82 Å². The highest BCUT2D eigenvalue weighted by molar-refractivity contribution is 7.89. The van der Waals surface area contributed by atoms with Crippen LogP contribution in [0.25, 0.3) is 0 Å². The maximum Gasteiger partial charge on any atom is 0.243 e. The topological polar surface area (TPSA) is 92.4 Å². The van der Waals surface area contributed by atoms with E-state index in [1.165, 1.54) is 0 Å². The summed E-state index contributed by atoms with van der Waals surface area (Å²) in [5, 5.41) is 8.69. The lowest BCUT2D eigenvalue weighted by atomic mass is 9.96. The molecule has 0 saturated carbocycles. The second-order valence-electron chi connectivity index (χ2n) is 4.96. The molecule has 0 aliphatic carbocycles. The first-order valence-corrected chi connectivity index (χ1v) is 7.30. The third-order valence-electron chi connectivity index (χ3n) is 2.48. The maximum atomic E-state index is 13.7. The third-order valence-corrected chi connectivity index (χ3v) is 4.15. The summed E-state index contributed by atoms with van der Waals surface area (Å²) >= 11 is 5.56. The molecule has 0 unspecified atom stereocenters. The summed E-state index contributed by atoms with van der Waals surface area (Å²) in [6.45, 7) is 3.07. The molecule has 0 saturated heterocycles. The van der Waals surface area contributed by atoms with Crippen molar-refractivity contribution < 1.29 is 17.9 Å². The molecule has 0 amide bonds. The Hall–Kier alpha value is -0.890. The largest absolute Gasteiger partial charge is 0.399 e. The molecule has 8 heteroatoms. The van der Waals surface area contributed by atoms with Gasteiger partial charge in [-0.3, -0.25) is 0 Å². The highest BCUT2D eigenvalue weighted by Gasteiger charge is 2.25. The van der Waals surface area contributed by atoms with Crippen molar-refractivity contribution in [1.29, 1.82) is 0 Å². The van der Waals surface area contributed by atoms with Crippen LogP contribution in [0.4, 0.5) is 10.1 Å². The molecule has 1 aromatic rings. The minimum Gasteiger partial charge on any atom is -0.399 e. The lowest BCUT2D eigenvalue weighted by molar-refractivity contribution is 0.163. The van der Waals surface area contributed by atoms with E-state index in [1.807, 2.05) is 0 Å². The summed E-state index contributed by atoms with van der Waals surface area (Å²) in [7, 11) is -4.08. The molecule has 0 aliphatic rings. The van der Waals surface area contributed by atoms with Gasteiger partial charge in [-0.25, -0.2) is 17.5 Å². The van der Waals surface area contributed by atoms with E-state index in [0.29, 0.717) is 0 Å². The maximum absolute atomic E-state index is 13.7. The third kappa shape index (κ3) is 4.04. The number of sulfonamides is 1. The van der Waals surface area contributed by atoms with Crippen molar-refractivity contribution in [2.45, 2.75) is 18.7 Å². The molecule has 5 nitrogen and oxygen atoms in total. The van der Waals surface area contributed by atoms with E-state index in [4.69, 9.17) is 22.4 Å². The number of hydrogen-bond donors (Lipinski definition) is 3. The molecule has 0 spiro atoms. The van der Waals surface area contributed by atoms with Crippen LogP contribution in [0.1, 0.15) is 13.8 Å². The van der Waals surface area contributed by atoms with E-state index in [9.17, 15) is 12.8 Å². The number of aliphatic hydroxyl groups excluding tert-OH is 1. The highest BCUT2D eigenvalue weighted by Crippen LogP contribution is 2.26. The number of nitrogens with one attached hydrogen (secondary N) is 1. The van der Waals surface area contributed by atoms with E-state index in [1.54, 1.807) is 13.8 Å². The average Bonchev–Trinajstić information content (AvgIpc) is 2.31. The SMILES string of the molecule is CC(C)(CO)CNS(=O)(=O)c1cc(N)cc(Cl)c1F. The lowest BCUT2D eigenvalue weighted by Crippen LogP contribution is -2.36. The second kappa shape index (κ2) is 5.62. The van der Waals surface area contributed by atoms with Crippen molar-refractivity contribution in [2.75, 3.05) is 18.9 Å². The summed E-state index contributed by atoms with van der Waals surface area (Å²) < 4.78 is 39.9. The second-order valence-corrected chi connectivity index (χ2v) is 7.10. The monoisotopic (exact) mass is 310 g/mol. The zero-order chi connectivity index (χ0) is 14.8. The highest BCUT2D eigenvalue weighted by atomic mass is 35.5. The van der Waals surface area contributed by atoms with Crippen LogP contribution >= 0.6 is 11.6 Å². The Morgan fingerprint density at radius 1 is 1.47 bits per heavy atom. The molecule has 0 aromatic heterocycles. The number of halogens is 2. The molecule has 0 bridgehead atoms. The van der Waals surface area contributed by atoms with Gasteiger partial charge in [0.1, 0.15) is 4.90 Å². The van der Waals surface area contributed by atoms with Crippen molar-refractivity contribution in [3.05, 3.63) is 23.0 Å². The summed E-state index contributed by atoms with van der Waals surface area (Å²) in [5.74, 6) is -1.05. The van der Waals surface area contributed by atoms with Crippen LogP contribution in [0.2, 0.25) is 5.02 Å². The van der Waals surface area contributed by atoms with Gasteiger partial charge in [-0.05, 0) is 12.1 Å². The van der Waals surface area contributed by atoms with Gasteiger partial charge in [-0.1, -0.05) is 25.4 Å². The molecule has 108 valence electrons. The molecule has 1 aromatic carbocycles. The van der Waals surface area contributed by atoms with E-state index >= 15 is 0 Å². The van der Waals surface area contributed by atoms with Crippen LogP contribution in [-0.4, -0.2) is 26.7 Å². The fraction of sp³-hybridized carbons (Fsp3) is 0.455. The molecular weight excluding hydrogens is 295 g/mol. The van der Waals surface area contributed by atoms with Crippen LogP contribution in [0.5, 0.6) is 0 Å². The minimum absolute atomic E-state index is 0.0440. The van der Waals surface area contributed by atoms with Gasteiger partial charge in [0.2, 0.25) is 10.0 Å². The summed E-state index contributed by atoms with van der Waals surface area (Å²) in [4.78, 5) is -0.605. The zero-order valence-corrected chi connectivity index (χ0v) is 12.1. The van der Waals surface area contributed by atoms with Crippen molar-refractivity contribution in [2.24, 2.45) is 5.41 Å². The number of hydrogen-bond acceptors (Lipinski definition) is 4. The van der Waals surface area contributed by atoms with Crippen molar-refractivity contribution in [1.82, 2.24) is 4.72 Å². The number of nitrogen functional groups attached to an aromatic ring is 1. The van der Waals surface area contributed by atoms with Gasteiger partial charge in [0.05, 0.1) is 5.02 Å². The standard InChI is InChI=1S/C11H16ClFN2O3S/c1-11(2,6-16)5-15-19(17,18)9-4-7(14)3-8(12)10(9)13/h3-4,15-16H,5-6,14H2,1-2H3. The predicted molar refractivity (Wildman–Crippen MR) is 71.9 cm³/mol. The lowest BCUT2D eigenvalue weighted by Gasteiger charge is -2.22. The Kier molecular flexibility index (Phi) is 4.78. The Morgan fingerprint density at radius 3 is 2.58 bits per heavy atom. The quantitative estimate of drug-likeness (QED) is 0.716. The minimum atomic E-state index is -4.08. The fourth-order valence-corrected chi connectivity index (χ4v) is 2.86. The van der Waals surface area contributed by atoms with Crippen molar-refractivity contribution in [3.63, 3.8) is 0 Å².